The molecule has 0 radical (unpaired) electrons. The molecular weight excluding hydrogens is 252 g/mol. The molecule has 0 fully saturated rings. The van der Waals surface area contributed by atoms with E-state index in [2.05, 4.69) is 5.32 Å². The lowest BCUT2D eigenvalue weighted by molar-refractivity contribution is 0.0757. The van der Waals surface area contributed by atoms with Gasteiger partial charge in [0.15, 0.2) is 5.78 Å². The Kier molecular flexibility index (Phi) is 7.26. The van der Waals surface area contributed by atoms with Gasteiger partial charge in [-0.05, 0) is 57.5 Å². The number of nitrogen functional groups attached to an aromatic ring is 1. The molecule has 0 spiro atoms. The minimum Gasteiger partial charge on any atom is -0.399 e. The zero-order chi connectivity index (χ0) is 15.0. The third-order valence-corrected chi connectivity index (χ3v) is 3.08. The second-order valence-corrected chi connectivity index (χ2v) is 5.17. The van der Waals surface area contributed by atoms with E-state index in [1.165, 1.54) is 0 Å². The van der Waals surface area contributed by atoms with Gasteiger partial charge in [0, 0.05) is 17.9 Å². The number of ketones is 1. The Morgan fingerprint density at radius 2 is 1.95 bits per heavy atom. The second-order valence-electron chi connectivity index (χ2n) is 5.17. The van der Waals surface area contributed by atoms with Gasteiger partial charge in [-0.15, -0.1) is 0 Å². The van der Waals surface area contributed by atoms with Crippen LogP contribution in [0.4, 0.5) is 5.69 Å². The van der Waals surface area contributed by atoms with E-state index < -0.39 is 0 Å². The number of anilines is 1. The van der Waals surface area contributed by atoms with Crippen LogP contribution in [-0.4, -0.2) is 31.1 Å². The van der Waals surface area contributed by atoms with Crippen LogP contribution in [-0.2, 0) is 4.74 Å². The van der Waals surface area contributed by atoms with E-state index in [4.69, 9.17) is 10.5 Å². The molecule has 0 aliphatic carbocycles. The van der Waals surface area contributed by atoms with Crippen molar-refractivity contribution < 1.29 is 9.53 Å². The van der Waals surface area contributed by atoms with Crippen LogP contribution < -0.4 is 11.1 Å². The lowest BCUT2D eigenvalue weighted by Crippen LogP contribution is -2.37. The van der Waals surface area contributed by atoms with Crippen molar-refractivity contribution in [3.8, 4) is 0 Å². The van der Waals surface area contributed by atoms with Crippen molar-refractivity contribution in [1.82, 2.24) is 5.32 Å². The van der Waals surface area contributed by atoms with Gasteiger partial charge in [-0.2, -0.15) is 0 Å². The minimum absolute atomic E-state index is 0.122. The number of carbonyl (C=O) groups excluding carboxylic acids is 1. The van der Waals surface area contributed by atoms with Crippen LogP contribution in [0.25, 0.3) is 0 Å². The highest BCUT2D eigenvalue weighted by molar-refractivity contribution is 6.00. The predicted molar refractivity (Wildman–Crippen MR) is 83.0 cm³/mol. The van der Waals surface area contributed by atoms with E-state index >= 15 is 0 Å². The molecule has 1 aromatic rings. The summed E-state index contributed by atoms with van der Waals surface area (Å²) in [5, 5.41) is 3.30. The van der Waals surface area contributed by atoms with Crippen molar-refractivity contribution in [2.45, 2.75) is 45.8 Å². The van der Waals surface area contributed by atoms with Crippen molar-refractivity contribution >= 4 is 11.5 Å². The third kappa shape index (κ3) is 5.72. The second kappa shape index (κ2) is 8.72. The first-order valence-electron chi connectivity index (χ1n) is 7.29. The van der Waals surface area contributed by atoms with E-state index in [0.717, 1.165) is 26.0 Å². The monoisotopic (exact) mass is 278 g/mol. The SMILES string of the molecule is CCC(NCCCOC(C)C)C(=O)c1ccc(N)cc1. The number of nitrogens with two attached hydrogens (primary N) is 1. The maximum Gasteiger partial charge on any atom is 0.179 e. The van der Waals surface area contributed by atoms with Gasteiger partial charge in [0.1, 0.15) is 0 Å². The van der Waals surface area contributed by atoms with Crippen molar-refractivity contribution in [2.75, 3.05) is 18.9 Å². The molecule has 0 saturated heterocycles. The van der Waals surface area contributed by atoms with Crippen LogP contribution in [0.5, 0.6) is 0 Å². The Labute approximate surface area is 121 Å². The van der Waals surface area contributed by atoms with Gasteiger partial charge in [-0.3, -0.25) is 4.79 Å². The zero-order valence-electron chi connectivity index (χ0n) is 12.7. The van der Waals surface area contributed by atoms with Gasteiger partial charge in [0.25, 0.3) is 0 Å². The van der Waals surface area contributed by atoms with Gasteiger partial charge in [-0.25, -0.2) is 0 Å². The Morgan fingerprint density at radius 3 is 2.50 bits per heavy atom. The summed E-state index contributed by atoms with van der Waals surface area (Å²) in [4.78, 5) is 12.3. The molecule has 0 amide bonds. The summed E-state index contributed by atoms with van der Waals surface area (Å²) in [6, 6.07) is 6.94. The average Bonchev–Trinajstić information content (AvgIpc) is 2.42. The van der Waals surface area contributed by atoms with Crippen LogP contribution in [0.2, 0.25) is 0 Å². The molecule has 1 unspecified atom stereocenters. The summed E-state index contributed by atoms with van der Waals surface area (Å²) in [6.45, 7) is 7.56. The quantitative estimate of drug-likeness (QED) is 0.414. The highest BCUT2D eigenvalue weighted by Crippen LogP contribution is 2.09. The lowest BCUT2D eigenvalue weighted by atomic mass is 10.0. The van der Waals surface area contributed by atoms with Crippen molar-refractivity contribution in [3.05, 3.63) is 29.8 Å². The molecule has 1 atom stereocenters. The number of hydrogen-bond donors (Lipinski definition) is 2. The van der Waals surface area contributed by atoms with Crippen molar-refractivity contribution in [2.24, 2.45) is 0 Å². The summed E-state index contributed by atoms with van der Waals surface area (Å²) < 4.78 is 5.48. The van der Waals surface area contributed by atoms with E-state index in [9.17, 15) is 4.79 Å². The molecule has 0 saturated carbocycles. The molecule has 112 valence electrons. The Balaban J connectivity index is 2.41. The first kappa shape index (κ1) is 16.7. The molecule has 0 aromatic heterocycles. The van der Waals surface area contributed by atoms with Gasteiger partial charge in [0.2, 0.25) is 0 Å². The maximum atomic E-state index is 12.3. The zero-order valence-corrected chi connectivity index (χ0v) is 12.7. The van der Waals surface area contributed by atoms with E-state index in [1.807, 2.05) is 20.8 Å². The normalized spacial score (nSPS) is 12.6. The first-order chi connectivity index (χ1) is 9.54. The Bertz CT molecular complexity index is 401. The molecule has 0 heterocycles. The average molecular weight is 278 g/mol. The highest BCUT2D eigenvalue weighted by Gasteiger charge is 2.17. The summed E-state index contributed by atoms with van der Waals surface area (Å²) >= 11 is 0. The largest absolute Gasteiger partial charge is 0.399 e. The predicted octanol–water partition coefficient (Wildman–Crippen LogP) is 2.63. The topological polar surface area (TPSA) is 64.3 Å². The fraction of sp³-hybridized carbons (Fsp3) is 0.562. The Morgan fingerprint density at radius 1 is 1.30 bits per heavy atom. The molecule has 0 aliphatic heterocycles. The molecule has 1 aromatic carbocycles. The number of Topliss-reactive ketones (excluding diaryl/α,β-unsaturated/α-hetero) is 1. The van der Waals surface area contributed by atoms with Crippen LogP contribution in [0.15, 0.2) is 24.3 Å². The lowest BCUT2D eigenvalue weighted by Gasteiger charge is -2.16. The van der Waals surface area contributed by atoms with Crippen LogP contribution >= 0.6 is 0 Å². The number of benzene rings is 1. The van der Waals surface area contributed by atoms with Gasteiger partial charge in [0.05, 0.1) is 12.1 Å². The summed E-state index contributed by atoms with van der Waals surface area (Å²) in [5.74, 6) is 0.122. The van der Waals surface area contributed by atoms with Gasteiger partial charge in [-0.1, -0.05) is 6.92 Å². The van der Waals surface area contributed by atoms with Crippen molar-refractivity contribution in [1.29, 1.82) is 0 Å². The van der Waals surface area contributed by atoms with Gasteiger partial charge < -0.3 is 15.8 Å². The first-order valence-corrected chi connectivity index (χ1v) is 7.29. The number of carbonyl (C=O) groups is 1. The molecule has 0 bridgehead atoms. The fourth-order valence-electron chi connectivity index (χ4n) is 1.94. The van der Waals surface area contributed by atoms with Crippen LogP contribution in [0.3, 0.4) is 0 Å². The standard InChI is InChI=1S/C16H26N2O2/c1-4-15(18-10-5-11-20-12(2)3)16(19)13-6-8-14(17)9-7-13/h6-9,12,15,18H,4-5,10-11,17H2,1-3H3. The number of nitrogens with one attached hydrogen (secondary N) is 1. The number of ether oxygens (including phenoxy) is 1. The fourth-order valence-corrected chi connectivity index (χ4v) is 1.94. The van der Waals surface area contributed by atoms with E-state index in [0.29, 0.717) is 11.3 Å². The van der Waals surface area contributed by atoms with Crippen molar-refractivity contribution in [3.63, 3.8) is 0 Å². The molecule has 4 nitrogen and oxygen atoms in total. The van der Waals surface area contributed by atoms with E-state index in [1.54, 1.807) is 24.3 Å². The number of rotatable bonds is 9. The Hall–Kier alpha value is -1.39. The van der Waals surface area contributed by atoms with E-state index in [-0.39, 0.29) is 17.9 Å². The molecule has 0 aliphatic rings. The minimum atomic E-state index is -0.141. The molecule has 1 rings (SSSR count). The summed E-state index contributed by atoms with van der Waals surface area (Å²) in [6.07, 6.45) is 1.94. The van der Waals surface area contributed by atoms with Gasteiger partial charge >= 0.3 is 0 Å². The van der Waals surface area contributed by atoms with Crippen LogP contribution in [0, 0.1) is 0 Å². The molecule has 3 N–H and O–H groups in total. The van der Waals surface area contributed by atoms with Crippen LogP contribution in [0.1, 0.15) is 44.0 Å². The summed E-state index contributed by atoms with van der Waals surface area (Å²) in [5.41, 5.74) is 7.01. The third-order valence-electron chi connectivity index (χ3n) is 3.08. The highest BCUT2D eigenvalue weighted by atomic mass is 16.5. The maximum absolute atomic E-state index is 12.3. The molecule has 20 heavy (non-hydrogen) atoms. The number of hydrogen-bond acceptors (Lipinski definition) is 4. The molecule has 4 heteroatoms. The summed E-state index contributed by atoms with van der Waals surface area (Å²) in [7, 11) is 0. The smallest absolute Gasteiger partial charge is 0.179 e. The molecular formula is C16H26N2O2.